The predicted octanol–water partition coefficient (Wildman–Crippen LogP) is 7.12. The van der Waals surface area contributed by atoms with E-state index in [0.717, 1.165) is 5.92 Å². The Kier molecular flexibility index (Phi) is 15.1. The molecule has 0 amide bonds. The van der Waals surface area contributed by atoms with E-state index in [1.165, 1.54) is 89.9 Å². The van der Waals surface area contributed by atoms with Crippen LogP contribution < -0.4 is 0 Å². The van der Waals surface area contributed by atoms with Crippen LogP contribution in [0.2, 0.25) is 0 Å². The van der Waals surface area contributed by atoms with Crippen molar-refractivity contribution < 1.29 is 0 Å². The largest absolute Gasteiger partial charge is 0.0654 e. The SMILES string of the molecule is CCCCCCC(CCCCC)CCCCCC. The fourth-order valence-electron chi connectivity index (χ4n) is 2.84. The van der Waals surface area contributed by atoms with Crippen molar-refractivity contribution in [2.45, 2.75) is 111 Å². The van der Waals surface area contributed by atoms with Crippen molar-refractivity contribution >= 4 is 0 Å². The van der Waals surface area contributed by atoms with Crippen molar-refractivity contribution in [2.75, 3.05) is 0 Å². The molecule has 0 fully saturated rings. The molecule has 0 atom stereocenters. The predicted molar refractivity (Wildman–Crippen MR) is 85.2 cm³/mol. The average Bonchev–Trinajstić information content (AvgIpc) is 2.39. The summed E-state index contributed by atoms with van der Waals surface area (Å²) in [6.45, 7) is 6.93. The second kappa shape index (κ2) is 15.1. The van der Waals surface area contributed by atoms with Crippen LogP contribution in [0.1, 0.15) is 111 Å². The quantitative estimate of drug-likeness (QED) is 0.289. The van der Waals surface area contributed by atoms with Gasteiger partial charge < -0.3 is 0 Å². The third-order valence-electron chi connectivity index (χ3n) is 4.15. The number of rotatable bonds is 14. The second-order valence-corrected chi connectivity index (χ2v) is 6.06. The van der Waals surface area contributed by atoms with Crippen LogP contribution in [-0.2, 0) is 0 Å². The average molecular weight is 255 g/mol. The molecule has 0 radical (unpaired) electrons. The molecule has 0 aromatic heterocycles. The van der Waals surface area contributed by atoms with Gasteiger partial charge in [0, 0.05) is 0 Å². The van der Waals surface area contributed by atoms with Gasteiger partial charge in [-0.3, -0.25) is 0 Å². The fraction of sp³-hybridized carbons (Fsp3) is 1.00. The van der Waals surface area contributed by atoms with Crippen molar-refractivity contribution in [2.24, 2.45) is 5.92 Å². The molecule has 0 aliphatic rings. The summed E-state index contributed by atoms with van der Waals surface area (Å²) in [6.07, 6.45) is 20.4. The number of hydrogen-bond donors (Lipinski definition) is 0. The summed E-state index contributed by atoms with van der Waals surface area (Å²) < 4.78 is 0. The molecule has 0 unspecified atom stereocenters. The molecular weight excluding hydrogens is 216 g/mol. The molecule has 110 valence electrons. The number of unbranched alkanes of at least 4 members (excludes halogenated alkanes) is 8. The zero-order valence-corrected chi connectivity index (χ0v) is 13.5. The van der Waals surface area contributed by atoms with Gasteiger partial charge in [0.25, 0.3) is 0 Å². The molecule has 0 spiro atoms. The van der Waals surface area contributed by atoms with E-state index in [1.54, 1.807) is 0 Å². The van der Waals surface area contributed by atoms with Crippen molar-refractivity contribution in [1.82, 2.24) is 0 Å². The lowest BCUT2D eigenvalue weighted by Crippen LogP contribution is -2.01. The molecule has 0 heterocycles. The molecule has 0 saturated heterocycles. The van der Waals surface area contributed by atoms with E-state index in [4.69, 9.17) is 0 Å². The Balaban J connectivity index is 3.62. The van der Waals surface area contributed by atoms with Crippen LogP contribution in [-0.4, -0.2) is 0 Å². The Morgan fingerprint density at radius 2 is 0.778 bits per heavy atom. The molecule has 0 aromatic carbocycles. The highest BCUT2D eigenvalue weighted by molar-refractivity contribution is 4.61. The van der Waals surface area contributed by atoms with Crippen LogP contribution in [0.25, 0.3) is 0 Å². The zero-order valence-electron chi connectivity index (χ0n) is 13.5. The van der Waals surface area contributed by atoms with Gasteiger partial charge in [0.15, 0.2) is 0 Å². The van der Waals surface area contributed by atoms with E-state index < -0.39 is 0 Å². The molecule has 0 N–H and O–H groups in total. The van der Waals surface area contributed by atoms with Gasteiger partial charge in [-0.05, 0) is 5.92 Å². The molecule has 18 heavy (non-hydrogen) atoms. The van der Waals surface area contributed by atoms with Crippen molar-refractivity contribution in [3.05, 3.63) is 0 Å². The summed E-state index contributed by atoms with van der Waals surface area (Å²) in [5.74, 6) is 1.05. The molecule has 0 heteroatoms. The fourth-order valence-corrected chi connectivity index (χ4v) is 2.84. The maximum atomic E-state index is 2.32. The third kappa shape index (κ3) is 12.5. The Hall–Kier alpha value is 0. The van der Waals surface area contributed by atoms with Crippen molar-refractivity contribution in [3.63, 3.8) is 0 Å². The maximum absolute atomic E-state index is 2.32. The summed E-state index contributed by atoms with van der Waals surface area (Å²) in [6, 6.07) is 0. The molecule has 0 nitrogen and oxygen atoms in total. The van der Waals surface area contributed by atoms with E-state index in [2.05, 4.69) is 20.8 Å². The van der Waals surface area contributed by atoms with Crippen molar-refractivity contribution in [3.8, 4) is 0 Å². The standard InChI is InChI=1S/C18H38/c1-4-7-10-13-16-18(15-12-9-6-3)17-14-11-8-5-2/h18H,4-17H2,1-3H3. The molecule has 0 aromatic rings. The normalized spacial score (nSPS) is 11.3. The van der Waals surface area contributed by atoms with Gasteiger partial charge in [0.2, 0.25) is 0 Å². The lowest BCUT2D eigenvalue weighted by atomic mass is 9.90. The minimum absolute atomic E-state index is 1.05. The second-order valence-electron chi connectivity index (χ2n) is 6.06. The van der Waals surface area contributed by atoms with Crippen LogP contribution in [0.4, 0.5) is 0 Å². The summed E-state index contributed by atoms with van der Waals surface area (Å²) in [5, 5.41) is 0. The van der Waals surface area contributed by atoms with E-state index in [-0.39, 0.29) is 0 Å². The highest BCUT2D eigenvalue weighted by Crippen LogP contribution is 2.23. The Morgan fingerprint density at radius 3 is 1.17 bits per heavy atom. The first-order valence-corrected chi connectivity index (χ1v) is 8.85. The maximum Gasteiger partial charge on any atom is -0.0414 e. The molecular formula is C18H38. The first-order valence-electron chi connectivity index (χ1n) is 8.85. The van der Waals surface area contributed by atoms with Crippen LogP contribution in [0.15, 0.2) is 0 Å². The van der Waals surface area contributed by atoms with Gasteiger partial charge in [0.05, 0.1) is 0 Å². The van der Waals surface area contributed by atoms with Gasteiger partial charge >= 0.3 is 0 Å². The van der Waals surface area contributed by atoms with Crippen LogP contribution in [0.3, 0.4) is 0 Å². The Bertz CT molecular complexity index is 127. The minimum Gasteiger partial charge on any atom is -0.0654 e. The first kappa shape index (κ1) is 18.0. The number of hydrogen-bond acceptors (Lipinski definition) is 0. The van der Waals surface area contributed by atoms with Gasteiger partial charge in [-0.2, -0.15) is 0 Å². The van der Waals surface area contributed by atoms with Crippen molar-refractivity contribution in [1.29, 1.82) is 0 Å². The summed E-state index contributed by atoms with van der Waals surface area (Å²) in [4.78, 5) is 0. The van der Waals surface area contributed by atoms with Crippen LogP contribution in [0.5, 0.6) is 0 Å². The van der Waals surface area contributed by atoms with E-state index >= 15 is 0 Å². The Morgan fingerprint density at radius 1 is 0.444 bits per heavy atom. The smallest absolute Gasteiger partial charge is 0.0414 e. The zero-order chi connectivity index (χ0) is 13.5. The lowest BCUT2D eigenvalue weighted by Gasteiger charge is -2.16. The van der Waals surface area contributed by atoms with Gasteiger partial charge in [-0.15, -0.1) is 0 Å². The molecule has 0 rings (SSSR count). The summed E-state index contributed by atoms with van der Waals surface area (Å²) in [7, 11) is 0. The molecule has 0 saturated carbocycles. The molecule has 0 aliphatic heterocycles. The Labute approximate surface area is 117 Å². The van der Waals surface area contributed by atoms with Crippen LogP contribution in [0, 0.1) is 5.92 Å². The summed E-state index contributed by atoms with van der Waals surface area (Å²) in [5.41, 5.74) is 0. The first-order chi connectivity index (χ1) is 8.85. The van der Waals surface area contributed by atoms with Gasteiger partial charge in [0.1, 0.15) is 0 Å². The van der Waals surface area contributed by atoms with Gasteiger partial charge in [-0.25, -0.2) is 0 Å². The minimum atomic E-state index is 1.05. The summed E-state index contributed by atoms with van der Waals surface area (Å²) >= 11 is 0. The topological polar surface area (TPSA) is 0 Å². The highest BCUT2D eigenvalue weighted by Gasteiger charge is 2.08. The lowest BCUT2D eigenvalue weighted by molar-refractivity contribution is 0.370. The van der Waals surface area contributed by atoms with E-state index in [0.29, 0.717) is 0 Å². The monoisotopic (exact) mass is 254 g/mol. The molecule has 0 bridgehead atoms. The van der Waals surface area contributed by atoms with E-state index in [9.17, 15) is 0 Å². The highest BCUT2D eigenvalue weighted by atomic mass is 14.1. The molecule has 0 aliphatic carbocycles. The van der Waals surface area contributed by atoms with Gasteiger partial charge in [-0.1, -0.05) is 111 Å². The third-order valence-corrected chi connectivity index (χ3v) is 4.15. The van der Waals surface area contributed by atoms with E-state index in [1.807, 2.05) is 0 Å². The van der Waals surface area contributed by atoms with Crippen LogP contribution >= 0.6 is 0 Å².